The lowest BCUT2D eigenvalue weighted by molar-refractivity contribution is -0.115. The third-order valence-corrected chi connectivity index (χ3v) is 1.97. The fourth-order valence-electron chi connectivity index (χ4n) is 0.861. The zero-order chi connectivity index (χ0) is 11.3. The lowest BCUT2D eigenvalue weighted by Crippen LogP contribution is -2.32. The molecule has 0 aliphatic carbocycles. The minimum atomic E-state index is -0.125. The molecular weight excluding hydrogens is 260 g/mol. The lowest BCUT2D eigenvalue weighted by Gasteiger charge is -2.07. The van der Waals surface area contributed by atoms with Gasteiger partial charge in [-0.2, -0.15) is 0 Å². The number of amides is 1. The van der Waals surface area contributed by atoms with Gasteiger partial charge in [0.2, 0.25) is 5.91 Å². The third kappa shape index (κ3) is 4.85. The summed E-state index contributed by atoms with van der Waals surface area (Å²) in [6.45, 7) is 4.23. The summed E-state index contributed by atoms with van der Waals surface area (Å²) in [6, 6.07) is 0.284. The van der Waals surface area contributed by atoms with Crippen LogP contribution in [0.25, 0.3) is 0 Å². The first kappa shape index (κ1) is 12.1. The molecule has 1 aromatic heterocycles. The first-order valence-electron chi connectivity index (χ1n) is 4.58. The average Bonchev–Trinajstić information content (AvgIpc) is 2.19. The normalized spacial score (nSPS) is 10.4. The van der Waals surface area contributed by atoms with Gasteiger partial charge in [0.15, 0.2) is 5.82 Å². The van der Waals surface area contributed by atoms with Crippen molar-refractivity contribution in [2.24, 2.45) is 0 Å². The summed E-state index contributed by atoms with van der Waals surface area (Å²) in [6.07, 6.45) is 3.03. The van der Waals surface area contributed by atoms with Crippen LogP contribution in [-0.4, -0.2) is 28.5 Å². The molecule has 0 saturated carbocycles. The number of hydrogen-bond donors (Lipinski definition) is 2. The van der Waals surface area contributed by atoms with Gasteiger partial charge in [-0.15, -0.1) is 0 Å². The largest absolute Gasteiger partial charge is 0.308 e. The number of carbonyl (C=O) groups is 1. The molecule has 0 aromatic carbocycles. The number of nitrogens with zero attached hydrogens (tertiary/aromatic N) is 2. The summed E-state index contributed by atoms with van der Waals surface area (Å²) in [5, 5.41) is 5.64. The SMILES string of the molecule is CC(C)NCC(=O)Nc1cnc(Br)cn1. The van der Waals surface area contributed by atoms with E-state index in [9.17, 15) is 4.79 Å². The standard InChI is InChI=1S/C9H13BrN4O/c1-6(2)11-5-9(15)14-8-4-12-7(10)3-13-8/h3-4,6,11H,5H2,1-2H3,(H,13,14,15). The van der Waals surface area contributed by atoms with E-state index in [0.29, 0.717) is 10.4 Å². The van der Waals surface area contributed by atoms with Gasteiger partial charge in [0, 0.05) is 6.04 Å². The van der Waals surface area contributed by atoms with Crippen molar-refractivity contribution in [3.63, 3.8) is 0 Å². The van der Waals surface area contributed by atoms with Crippen LogP contribution < -0.4 is 10.6 Å². The Balaban J connectivity index is 2.41. The van der Waals surface area contributed by atoms with Crippen molar-refractivity contribution >= 4 is 27.7 Å². The molecule has 0 aliphatic rings. The Morgan fingerprint density at radius 2 is 2.20 bits per heavy atom. The molecular formula is C9H13BrN4O. The van der Waals surface area contributed by atoms with Crippen molar-refractivity contribution < 1.29 is 4.79 Å². The van der Waals surface area contributed by atoms with Gasteiger partial charge in [0.05, 0.1) is 18.9 Å². The summed E-state index contributed by atoms with van der Waals surface area (Å²) in [5.41, 5.74) is 0. The Morgan fingerprint density at radius 1 is 1.47 bits per heavy atom. The number of hydrogen-bond acceptors (Lipinski definition) is 4. The fourth-order valence-corrected chi connectivity index (χ4v) is 1.07. The van der Waals surface area contributed by atoms with E-state index in [4.69, 9.17) is 0 Å². The minimum absolute atomic E-state index is 0.125. The maximum atomic E-state index is 11.3. The molecule has 0 spiro atoms. The Kier molecular flexibility index (Phi) is 4.64. The molecule has 2 N–H and O–H groups in total. The molecule has 5 nitrogen and oxygen atoms in total. The number of anilines is 1. The van der Waals surface area contributed by atoms with Crippen molar-refractivity contribution in [1.29, 1.82) is 0 Å². The molecule has 0 saturated heterocycles. The van der Waals surface area contributed by atoms with E-state index in [1.807, 2.05) is 13.8 Å². The predicted octanol–water partition coefficient (Wildman–Crippen LogP) is 1.18. The lowest BCUT2D eigenvalue weighted by atomic mass is 10.4. The highest BCUT2D eigenvalue weighted by atomic mass is 79.9. The number of aromatic nitrogens is 2. The van der Waals surface area contributed by atoms with Crippen molar-refractivity contribution in [3.8, 4) is 0 Å². The van der Waals surface area contributed by atoms with E-state index in [0.717, 1.165) is 0 Å². The second kappa shape index (κ2) is 5.77. The summed E-state index contributed by atoms with van der Waals surface area (Å²) < 4.78 is 0.640. The Morgan fingerprint density at radius 3 is 2.73 bits per heavy atom. The van der Waals surface area contributed by atoms with Gasteiger partial charge < -0.3 is 10.6 Å². The Hall–Kier alpha value is -1.01. The van der Waals surface area contributed by atoms with Crippen molar-refractivity contribution in [2.45, 2.75) is 19.9 Å². The zero-order valence-electron chi connectivity index (χ0n) is 8.62. The van der Waals surface area contributed by atoms with Crippen LogP contribution in [0.15, 0.2) is 17.0 Å². The number of rotatable bonds is 4. The van der Waals surface area contributed by atoms with E-state index in [1.54, 1.807) is 0 Å². The number of nitrogens with one attached hydrogen (secondary N) is 2. The van der Waals surface area contributed by atoms with E-state index in [1.165, 1.54) is 12.4 Å². The molecule has 0 fully saturated rings. The highest BCUT2D eigenvalue weighted by molar-refractivity contribution is 9.10. The van der Waals surface area contributed by atoms with Crippen LogP contribution in [0.3, 0.4) is 0 Å². The van der Waals surface area contributed by atoms with Crippen LogP contribution in [0, 0.1) is 0 Å². The van der Waals surface area contributed by atoms with E-state index in [2.05, 4.69) is 36.5 Å². The average molecular weight is 273 g/mol. The van der Waals surface area contributed by atoms with Crippen LogP contribution in [0.5, 0.6) is 0 Å². The third-order valence-electron chi connectivity index (χ3n) is 1.56. The van der Waals surface area contributed by atoms with Gasteiger partial charge in [-0.25, -0.2) is 9.97 Å². The second-order valence-electron chi connectivity index (χ2n) is 3.31. The van der Waals surface area contributed by atoms with Gasteiger partial charge in [0.1, 0.15) is 4.60 Å². The predicted molar refractivity (Wildman–Crippen MR) is 61.5 cm³/mol. The van der Waals surface area contributed by atoms with Crippen molar-refractivity contribution in [2.75, 3.05) is 11.9 Å². The van der Waals surface area contributed by atoms with Crippen LogP contribution in [0.2, 0.25) is 0 Å². The van der Waals surface area contributed by atoms with Crippen molar-refractivity contribution in [3.05, 3.63) is 17.0 Å². The molecule has 0 aliphatic heterocycles. The summed E-state index contributed by atoms with van der Waals surface area (Å²) in [5.74, 6) is 0.328. The summed E-state index contributed by atoms with van der Waals surface area (Å²) >= 11 is 3.16. The van der Waals surface area contributed by atoms with Crippen LogP contribution in [-0.2, 0) is 4.79 Å². The van der Waals surface area contributed by atoms with Gasteiger partial charge in [-0.1, -0.05) is 13.8 Å². The first-order valence-corrected chi connectivity index (χ1v) is 5.38. The molecule has 1 heterocycles. The quantitative estimate of drug-likeness (QED) is 0.864. The molecule has 1 rings (SSSR count). The second-order valence-corrected chi connectivity index (χ2v) is 4.12. The molecule has 6 heteroatoms. The molecule has 1 amide bonds. The van der Waals surface area contributed by atoms with Crippen LogP contribution in [0.1, 0.15) is 13.8 Å². The van der Waals surface area contributed by atoms with Gasteiger partial charge in [-0.05, 0) is 15.9 Å². The zero-order valence-corrected chi connectivity index (χ0v) is 10.2. The summed E-state index contributed by atoms with van der Waals surface area (Å²) in [7, 11) is 0. The molecule has 15 heavy (non-hydrogen) atoms. The van der Waals surface area contributed by atoms with E-state index in [-0.39, 0.29) is 18.5 Å². The van der Waals surface area contributed by atoms with Gasteiger partial charge >= 0.3 is 0 Å². The monoisotopic (exact) mass is 272 g/mol. The molecule has 82 valence electrons. The fraction of sp³-hybridized carbons (Fsp3) is 0.444. The highest BCUT2D eigenvalue weighted by Gasteiger charge is 2.03. The van der Waals surface area contributed by atoms with Crippen molar-refractivity contribution in [1.82, 2.24) is 15.3 Å². The number of halogens is 1. The topological polar surface area (TPSA) is 66.9 Å². The van der Waals surface area contributed by atoms with Crippen LogP contribution >= 0.6 is 15.9 Å². The maximum absolute atomic E-state index is 11.3. The van der Waals surface area contributed by atoms with Gasteiger partial charge in [0.25, 0.3) is 0 Å². The first-order chi connectivity index (χ1) is 7.08. The minimum Gasteiger partial charge on any atom is -0.308 e. The molecule has 0 radical (unpaired) electrons. The molecule has 0 bridgehead atoms. The van der Waals surface area contributed by atoms with Gasteiger partial charge in [-0.3, -0.25) is 4.79 Å². The summed E-state index contributed by atoms with van der Waals surface area (Å²) in [4.78, 5) is 19.3. The Bertz CT molecular complexity index is 325. The van der Waals surface area contributed by atoms with Crippen LogP contribution in [0.4, 0.5) is 5.82 Å². The van der Waals surface area contributed by atoms with E-state index < -0.39 is 0 Å². The molecule has 1 aromatic rings. The van der Waals surface area contributed by atoms with E-state index >= 15 is 0 Å². The maximum Gasteiger partial charge on any atom is 0.239 e. The molecule has 0 atom stereocenters. The number of carbonyl (C=O) groups excluding carboxylic acids is 1. The molecule has 0 unspecified atom stereocenters. The highest BCUT2D eigenvalue weighted by Crippen LogP contribution is 2.05. The Labute approximate surface area is 96.8 Å². The smallest absolute Gasteiger partial charge is 0.239 e.